The Kier molecular flexibility index (Phi) is 56.5. The van der Waals surface area contributed by atoms with E-state index in [1.165, 1.54) is 103 Å². The number of nitrogens with zero attached hydrogens (tertiary/aromatic N) is 1. The van der Waals surface area contributed by atoms with Gasteiger partial charge in [-0.25, -0.2) is 0 Å². The molecule has 1 N–H and O–H groups in total. The molecule has 3 unspecified atom stereocenters. The van der Waals surface area contributed by atoms with Gasteiger partial charge in [-0.2, -0.15) is 0 Å². The Morgan fingerprint density at radius 1 is 0.444 bits per heavy atom. The first-order chi connectivity index (χ1) is 39.4. The van der Waals surface area contributed by atoms with Gasteiger partial charge in [0.1, 0.15) is 19.3 Å². The van der Waals surface area contributed by atoms with E-state index in [1.807, 2.05) is 39.4 Å². The molecule has 0 aliphatic heterocycles. The Bertz CT molecular complexity index is 1850. The van der Waals surface area contributed by atoms with Gasteiger partial charge < -0.3 is 28.5 Å². The number of phosphoric acid groups is 1. The van der Waals surface area contributed by atoms with E-state index in [-0.39, 0.29) is 25.4 Å². The summed E-state index contributed by atoms with van der Waals surface area (Å²) >= 11 is 0. The van der Waals surface area contributed by atoms with Crippen molar-refractivity contribution in [3.8, 4) is 0 Å². The number of rotatable bonds is 57. The van der Waals surface area contributed by atoms with E-state index in [4.69, 9.17) is 13.8 Å². The van der Waals surface area contributed by atoms with Gasteiger partial charge in [0.15, 0.2) is 0 Å². The summed E-state index contributed by atoms with van der Waals surface area (Å²) in [6, 6.07) is -0.932. The molecule has 0 aromatic rings. The third-order valence-electron chi connectivity index (χ3n) is 13.6. The van der Waals surface area contributed by atoms with Gasteiger partial charge in [0, 0.05) is 12.8 Å². The van der Waals surface area contributed by atoms with Gasteiger partial charge in [0.25, 0.3) is 7.82 Å². The first-order valence-electron chi connectivity index (χ1n) is 32.5. The minimum Gasteiger partial charge on any atom is -0.756 e. The first-order valence-corrected chi connectivity index (χ1v) is 34.0. The summed E-state index contributed by atoms with van der Waals surface area (Å²) in [5, 5.41) is 3.00. The highest BCUT2D eigenvalue weighted by molar-refractivity contribution is 7.45. The standard InChI is InChI=1S/C71H121N2O7P/c1-7-10-13-16-19-22-25-27-29-31-33-34-35-36-37-38-40-41-43-45-48-51-54-57-60-63-70(74)72-68(67-79-81(76,77)78-66-65-73(4,5)6)69(62-59-56-53-50-47-24-21-18-15-12-9-3)80-71(75)64-61-58-55-52-49-46-44-42-39-32-30-28-26-23-20-17-14-11-8-2/h11,14,19-20,22-23,27-30,33-34,36-37,39,42,46,49,55,58-59,62,68-69H,7-10,12-13,15-18,21,24-26,31-32,35,38,40-41,43-45,47-48,50-54,56-57,60-61,63-67H2,1-6H3,(H-,72,74,76,77)/b14-11-,22-19-,23-20-,29-27-,30-28-,34-33-,37-36-,42-39-,49-46-,58-55-,62-59-. The van der Waals surface area contributed by atoms with Crippen LogP contribution in [-0.2, 0) is 27.9 Å². The molecule has 0 radical (unpaired) electrons. The van der Waals surface area contributed by atoms with Crippen molar-refractivity contribution in [3.63, 3.8) is 0 Å². The zero-order valence-corrected chi connectivity index (χ0v) is 53.6. The summed E-state index contributed by atoms with van der Waals surface area (Å²) in [5.41, 5.74) is 0. The van der Waals surface area contributed by atoms with Crippen LogP contribution in [0.2, 0.25) is 0 Å². The van der Waals surface area contributed by atoms with Crippen LogP contribution in [-0.4, -0.2) is 69.4 Å². The summed E-state index contributed by atoms with van der Waals surface area (Å²) < 4.78 is 30.2. The molecule has 9 nitrogen and oxygen atoms in total. The van der Waals surface area contributed by atoms with Crippen molar-refractivity contribution >= 4 is 19.7 Å². The molecular weight excluding hydrogens is 1020 g/mol. The number of nitrogens with one attached hydrogen (secondary N) is 1. The van der Waals surface area contributed by atoms with E-state index in [0.717, 1.165) is 103 Å². The third kappa shape index (κ3) is 60.6. The van der Waals surface area contributed by atoms with Crippen LogP contribution in [0.3, 0.4) is 0 Å². The Hall–Kier alpha value is -3.85. The van der Waals surface area contributed by atoms with Crippen LogP contribution in [0.4, 0.5) is 0 Å². The molecule has 0 aliphatic carbocycles. The molecular formula is C71H121N2O7P. The number of amides is 1. The molecule has 0 spiro atoms. The lowest BCUT2D eigenvalue weighted by Crippen LogP contribution is -2.47. The van der Waals surface area contributed by atoms with E-state index < -0.39 is 32.5 Å². The fourth-order valence-electron chi connectivity index (χ4n) is 8.59. The lowest BCUT2D eigenvalue weighted by molar-refractivity contribution is -0.870. The van der Waals surface area contributed by atoms with E-state index in [0.29, 0.717) is 23.9 Å². The van der Waals surface area contributed by atoms with Crippen molar-refractivity contribution in [1.29, 1.82) is 0 Å². The fraction of sp³-hybridized carbons (Fsp3) is 0.662. The van der Waals surface area contributed by atoms with Crippen molar-refractivity contribution in [2.75, 3.05) is 40.9 Å². The molecule has 0 aliphatic rings. The Morgan fingerprint density at radius 2 is 0.802 bits per heavy atom. The average molecular weight is 1150 g/mol. The van der Waals surface area contributed by atoms with E-state index in [2.05, 4.69) is 135 Å². The van der Waals surface area contributed by atoms with Gasteiger partial charge in [-0.3, -0.25) is 14.2 Å². The largest absolute Gasteiger partial charge is 0.756 e. The minimum absolute atomic E-state index is 0.0419. The number of quaternary nitrogens is 1. The second-order valence-electron chi connectivity index (χ2n) is 22.5. The van der Waals surface area contributed by atoms with Gasteiger partial charge in [0.05, 0.1) is 33.8 Å². The summed E-state index contributed by atoms with van der Waals surface area (Å²) in [6.45, 7) is 6.63. The summed E-state index contributed by atoms with van der Waals surface area (Å²) in [6.07, 6.45) is 84.4. The summed E-state index contributed by atoms with van der Waals surface area (Å²) in [7, 11) is 1.12. The van der Waals surface area contributed by atoms with Crippen LogP contribution in [0.15, 0.2) is 134 Å². The van der Waals surface area contributed by atoms with E-state index in [1.54, 1.807) is 6.08 Å². The number of phosphoric ester groups is 1. The van der Waals surface area contributed by atoms with Gasteiger partial charge in [-0.1, -0.05) is 258 Å². The Balaban J connectivity index is 5.25. The molecule has 0 aromatic heterocycles. The predicted octanol–water partition coefficient (Wildman–Crippen LogP) is 19.8. The van der Waals surface area contributed by atoms with Crippen LogP contribution in [0, 0.1) is 0 Å². The molecule has 1 amide bonds. The number of unbranched alkanes of at least 4 members (excludes halogenated alkanes) is 21. The number of ether oxygens (including phenoxy) is 1. The highest BCUT2D eigenvalue weighted by atomic mass is 31.2. The Labute approximate surface area is 498 Å². The minimum atomic E-state index is -4.73. The molecule has 81 heavy (non-hydrogen) atoms. The van der Waals surface area contributed by atoms with Crippen LogP contribution in [0.1, 0.15) is 252 Å². The molecule has 0 saturated heterocycles. The number of allylic oxidation sites excluding steroid dienone is 21. The second-order valence-corrected chi connectivity index (χ2v) is 23.9. The highest BCUT2D eigenvalue weighted by Crippen LogP contribution is 2.38. The molecule has 3 atom stereocenters. The molecule has 0 fully saturated rings. The molecule has 0 aromatic carbocycles. The maximum atomic E-state index is 13.6. The van der Waals surface area contributed by atoms with Gasteiger partial charge in [0.2, 0.25) is 5.91 Å². The van der Waals surface area contributed by atoms with Crippen molar-refractivity contribution < 1.29 is 37.3 Å². The van der Waals surface area contributed by atoms with Crippen LogP contribution < -0.4 is 10.2 Å². The van der Waals surface area contributed by atoms with E-state index >= 15 is 0 Å². The Morgan fingerprint density at radius 3 is 1.23 bits per heavy atom. The van der Waals surface area contributed by atoms with Gasteiger partial charge in [-0.15, -0.1) is 0 Å². The maximum Gasteiger partial charge on any atom is 0.306 e. The van der Waals surface area contributed by atoms with Crippen LogP contribution in [0.5, 0.6) is 0 Å². The SMILES string of the molecule is CC/C=C\C/C=C\C/C=C\C/C=C\C/C=C\C/C=C\CCC(=O)OC(/C=C\CCCCCCCCCCC)C(COP(=O)([O-])OCC[N+](C)(C)C)NC(=O)CCCCCCCCCCC/C=C\C/C=C\C/C=C\C/C=C\CCCCC. The number of esters is 1. The summed E-state index contributed by atoms with van der Waals surface area (Å²) in [4.78, 5) is 40.0. The predicted molar refractivity (Wildman–Crippen MR) is 348 cm³/mol. The molecule has 0 rings (SSSR count). The van der Waals surface area contributed by atoms with Crippen molar-refractivity contribution in [2.24, 2.45) is 0 Å². The van der Waals surface area contributed by atoms with Crippen LogP contribution in [0.25, 0.3) is 0 Å². The normalized spacial score (nSPS) is 14.5. The fourth-order valence-corrected chi connectivity index (χ4v) is 9.31. The summed E-state index contributed by atoms with van der Waals surface area (Å²) in [5.74, 6) is -0.654. The lowest BCUT2D eigenvalue weighted by Gasteiger charge is -2.30. The monoisotopic (exact) mass is 1140 g/mol. The van der Waals surface area contributed by atoms with Crippen molar-refractivity contribution in [1.82, 2.24) is 5.32 Å². The van der Waals surface area contributed by atoms with Crippen molar-refractivity contribution in [2.45, 2.75) is 264 Å². The lowest BCUT2D eigenvalue weighted by atomic mass is 10.0. The van der Waals surface area contributed by atoms with Crippen molar-refractivity contribution in [3.05, 3.63) is 134 Å². The molecule has 10 heteroatoms. The quantitative estimate of drug-likeness (QED) is 0.0212. The van der Waals surface area contributed by atoms with Gasteiger partial charge >= 0.3 is 5.97 Å². The number of carbonyl (C=O) groups is 2. The number of likely N-dealkylation sites (N-methyl/N-ethyl adjacent to an activating group) is 1. The maximum absolute atomic E-state index is 13.6. The first kappa shape index (κ1) is 77.2. The van der Waals surface area contributed by atoms with E-state index in [9.17, 15) is 19.0 Å². The van der Waals surface area contributed by atoms with Gasteiger partial charge in [-0.05, 0) is 115 Å². The number of hydrogen-bond acceptors (Lipinski definition) is 7. The topological polar surface area (TPSA) is 114 Å². The van der Waals surface area contributed by atoms with Crippen LogP contribution >= 0.6 is 7.82 Å². The molecule has 0 heterocycles. The highest BCUT2D eigenvalue weighted by Gasteiger charge is 2.27. The zero-order valence-electron chi connectivity index (χ0n) is 52.7. The zero-order chi connectivity index (χ0) is 59.3. The molecule has 0 bridgehead atoms. The average Bonchev–Trinajstić information content (AvgIpc) is 3.44. The second kappa shape index (κ2) is 59.3. The molecule has 0 saturated carbocycles. The third-order valence-corrected chi connectivity index (χ3v) is 14.5. The number of hydrogen-bond donors (Lipinski definition) is 1. The smallest absolute Gasteiger partial charge is 0.306 e. The number of carbonyl (C=O) groups excluding carboxylic acids is 2. The molecule has 462 valence electrons.